The van der Waals surface area contributed by atoms with Gasteiger partial charge in [-0.25, -0.2) is 18.4 Å². The van der Waals surface area contributed by atoms with Gasteiger partial charge in [-0.15, -0.1) is 5.10 Å². The van der Waals surface area contributed by atoms with Gasteiger partial charge in [0.15, 0.2) is 15.7 Å². The number of sulfone groups is 1. The molecule has 29 heavy (non-hydrogen) atoms. The molecule has 3 aliphatic heterocycles. The molecule has 0 spiro atoms. The Labute approximate surface area is 171 Å². The summed E-state index contributed by atoms with van der Waals surface area (Å²) in [6, 6.07) is 4.05. The van der Waals surface area contributed by atoms with E-state index in [9.17, 15) is 8.42 Å². The van der Waals surface area contributed by atoms with Crippen LogP contribution >= 0.6 is 0 Å². The van der Waals surface area contributed by atoms with E-state index in [4.69, 9.17) is 0 Å². The molecule has 3 aliphatic rings. The summed E-state index contributed by atoms with van der Waals surface area (Å²) in [5.41, 5.74) is 2.73. The molecule has 5 rings (SSSR count). The third-order valence-corrected chi connectivity index (χ3v) is 7.95. The van der Waals surface area contributed by atoms with Gasteiger partial charge >= 0.3 is 0 Å². The first kappa shape index (κ1) is 18.7. The van der Waals surface area contributed by atoms with E-state index in [2.05, 4.69) is 49.9 Å². The number of anilines is 2. The number of aryl methyl sites for hydroxylation is 1. The van der Waals surface area contributed by atoms with E-state index >= 15 is 0 Å². The summed E-state index contributed by atoms with van der Waals surface area (Å²) in [4.78, 5) is 13.5. The molecule has 0 N–H and O–H groups in total. The highest BCUT2D eigenvalue weighted by atomic mass is 32.2. The molecule has 0 aromatic carbocycles. The number of nitrogens with zero attached hydrogens (tertiary/aromatic N) is 6. The predicted molar refractivity (Wildman–Crippen MR) is 111 cm³/mol. The standard InChI is InChI=1S/C20H26N6O2S/c1-13(2)18-6-19(22-12-21-18)25-7-15-9-26(10-16(15)8-25)20-5-14-11-29(27,28)4-3-17(14)23-24-20/h5-6,12-13,15-16H,3-4,7-11H2,1-2H3. The number of aromatic nitrogens is 4. The first-order valence-corrected chi connectivity index (χ1v) is 12.1. The Balaban J connectivity index is 1.29. The van der Waals surface area contributed by atoms with Gasteiger partial charge in [0, 0.05) is 56.2 Å². The lowest BCUT2D eigenvalue weighted by molar-refractivity contribution is 0.533. The Morgan fingerprint density at radius 1 is 0.966 bits per heavy atom. The molecule has 2 fully saturated rings. The lowest BCUT2D eigenvalue weighted by Gasteiger charge is -2.24. The van der Waals surface area contributed by atoms with Crippen LogP contribution in [0, 0.1) is 11.8 Å². The van der Waals surface area contributed by atoms with Crippen molar-refractivity contribution in [3.05, 3.63) is 35.4 Å². The van der Waals surface area contributed by atoms with Crippen LogP contribution in [0.5, 0.6) is 0 Å². The maximum atomic E-state index is 12.0. The van der Waals surface area contributed by atoms with E-state index in [1.165, 1.54) is 0 Å². The van der Waals surface area contributed by atoms with Gasteiger partial charge in [-0.05, 0) is 17.5 Å². The van der Waals surface area contributed by atoms with Crippen molar-refractivity contribution in [3.8, 4) is 0 Å². The molecule has 9 heteroatoms. The lowest BCUT2D eigenvalue weighted by Crippen LogP contribution is -2.30. The zero-order valence-corrected chi connectivity index (χ0v) is 17.6. The van der Waals surface area contributed by atoms with E-state index in [-0.39, 0.29) is 11.5 Å². The van der Waals surface area contributed by atoms with E-state index in [1.54, 1.807) is 6.33 Å². The van der Waals surface area contributed by atoms with Gasteiger partial charge in [0.1, 0.15) is 12.1 Å². The van der Waals surface area contributed by atoms with Crippen LogP contribution in [-0.4, -0.2) is 60.5 Å². The summed E-state index contributed by atoms with van der Waals surface area (Å²) in [6.07, 6.45) is 2.14. The van der Waals surface area contributed by atoms with Crippen LogP contribution in [0.1, 0.15) is 36.7 Å². The Bertz CT molecular complexity index is 1030. The number of hydrogen-bond donors (Lipinski definition) is 0. The minimum absolute atomic E-state index is 0.0885. The van der Waals surface area contributed by atoms with Crippen LogP contribution in [0.4, 0.5) is 11.6 Å². The predicted octanol–water partition coefficient (Wildman–Crippen LogP) is 1.43. The first-order chi connectivity index (χ1) is 13.9. The van der Waals surface area contributed by atoms with Crippen LogP contribution in [0.15, 0.2) is 18.5 Å². The molecule has 2 atom stereocenters. The summed E-state index contributed by atoms with van der Waals surface area (Å²) >= 11 is 0. The van der Waals surface area contributed by atoms with Crippen LogP contribution < -0.4 is 9.80 Å². The molecule has 0 aliphatic carbocycles. The summed E-state index contributed by atoms with van der Waals surface area (Å²) in [6.45, 7) is 8.08. The SMILES string of the molecule is CC(C)c1cc(N2CC3CN(c4cc5c(nn4)CCS(=O)(=O)C5)CC3C2)ncn1. The fraction of sp³-hybridized carbons (Fsp3) is 0.600. The quantitative estimate of drug-likeness (QED) is 0.745. The van der Waals surface area contributed by atoms with Gasteiger partial charge in [0.05, 0.1) is 17.2 Å². The molecule has 8 nitrogen and oxygen atoms in total. The first-order valence-electron chi connectivity index (χ1n) is 10.3. The summed E-state index contributed by atoms with van der Waals surface area (Å²) in [7, 11) is -3.00. The molecule has 0 radical (unpaired) electrons. The second kappa shape index (κ2) is 6.90. The zero-order valence-electron chi connectivity index (χ0n) is 16.8. The topological polar surface area (TPSA) is 92.2 Å². The minimum Gasteiger partial charge on any atom is -0.356 e. The van der Waals surface area contributed by atoms with Crippen LogP contribution in [0.25, 0.3) is 0 Å². The molecule has 2 saturated heterocycles. The number of rotatable bonds is 3. The van der Waals surface area contributed by atoms with Crippen molar-refractivity contribution < 1.29 is 8.42 Å². The average molecular weight is 415 g/mol. The molecule has 2 aromatic rings. The highest BCUT2D eigenvalue weighted by molar-refractivity contribution is 7.90. The van der Waals surface area contributed by atoms with Crippen molar-refractivity contribution in [2.75, 3.05) is 41.7 Å². The van der Waals surface area contributed by atoms with Crippen molar-refractivity contribution in [3.63, 3.8) is 0 Å². The molecule has 154 valence electrons. The van der Waals surface area contributed by atoms with E-state index in [0.29, 0.717) is 24.2 Å². The molecule has 5 heterocycles. The third-order valence-electron chi connectivity index (χ3n) is 6.37. The van der Waals surface area contributed by atoms with Gasteiger partial charge in [0.2, 0.25) is 0 Å². The Morgan fingerprint density at radius 2 is 1.66 bits per heavy atom. The Hall–Kier alpha value is -2.29. The molecule has 2 unspecified atom stereocenters. The molecular weight excluding hydrogens is 388 g/mol. The van der Waals surface area contributed by atoms with Crippen molar-refractivity contribution >= 4 is 21.5 Å². The smallest absolute Gasteiger partial charge is 0.154 e. The van der Waals surface area contributed by atoms with Crippen molar-refractivity contribution in [1.29, 1.82) is 0 Å². The van der Waals surface area contributed by atoms with E-state index < -0.39 is 9.84 Å². The highest BCUT2D eigenvalue weighted by Crippen LogP contribution is 2.36. The molecule has 0 amide bonds. The van der Waals surface area contributed by atoms with E-state index in [1.807, 2.05) is 6.07 Å². The average Bonchev–Trinajstić information content (AvgIpc) is 3.26. The van der Waals surface area contributed by atoms with Gasteiger partial charge in [0.25, 0.3) is 0 Å². The van der Waals surface area contributed by atoms with Crippen LogP contribution in [-0.2, 0) is 22.0 Å². The number of fused-ring (bicyclic) bond motifs is 2. The molecule has 0 bridgehead atoms. The second-order valence-electron chi connectivity index (χ2n) is 8.80. The fourth-order valence-electron chi connectivity index (χ4n) is 4.71. The maximum Gasteiger partial charge on any atom is 0.154 e. The maximum absolute atomic E-state index is 12.0. The largest absolute Gasteiger partial charge is 0.356 e. The van der Waals surface area contributed by atoms with E-state index in [0.717, 1.165) is 54.8 Å². The van der Waals surface area contributed by atoms with Gasteiger partial charge in [-0.2, -0.15) is 5.10 Å². The normalized spacial score (nSPS) is 25.3. The molecule has 2 aromatic heterocycles. The minimum atomic E-state index is -3.00. The van der Waals surface area contributed by atoms with Crippen LogP contribution in [0.3, 0.4) is 0 Å². The van der Waals surface area contributed by atoms with Crippen molar-refractivity contribution in [1.82, 2.24) is 20.2 Å². The fourth-order valence-corrected chi connectivity index (χ4v) is 6.09. The Morgan fingerprint density at radius 3 is 2.34 bits per heavy atom. The summed E-state index contributed by atoms with van der Waals surface area (Å²) in [5.74, 6) is 3.59. The van der Waals surface area contributed by atoms with Crippen LogP contribution in [0.2, 0.25) is 0 Å². The third kappa shape index (κ3) is 3.56. The zero-order chi connectivity index (χ0) is 20.2. The summed E-state index contributed by atoms with van der Waals surface area (Å²) in [5, 5.41) is 8.73. The second-order valence-corrected chi connectivity index (χ2v) is 11.0. The summed E-state index contributed by atoms with van der Waals surface area (Å²) < 4.78 is 23.9. The molecule has 0 saturated carbocycles. The van der Waals surface area contributed by atoms with Gasteiger partial charge in [-0.3, -0.25) is 0 Å². The van der Waals surface area contributed by atoms with Gasteiger partial charge < -0.3 is 9.80 Å². The lowest BCUT2D eigenvalue weighted by atomic mass is 10.0. The van der Waals surface area contributed by atoms with Crippen molar-refractivity contribution in [2.45, 2.75) is 31.9 Å². The Kier molecular flexibility index (Phi) is 4.45. The van der Waals surface area contributed by atoms with Gasteiger partial charge in [-0.1, -0.05) is 13.8 Å². The number of hydrogen-bond acceptors (Lipinski definition) is 8. The van der Waals surface area contributed by atoms with Crippen molar-refractivity contribution in [2.24, 2.45) is 11.8 Å². The molecular formula is C20H26N6O2S. The monoisotopic (exact) mass is 414 g/mol. The highest BCUT2D eigenvalue weighted by Gasteiger charge is 2.41.